The number of anilines is 1. The lowest BCUT2D eigenvalue weighted by molar-refractivity contribution is -0.152. The van der Waals surface area contributed by atoms with Gasteiger partial charge in [-0.05, 0) is 18.9 Å². The molecule has 0 radical (unpaired) electrons. The van der Waals surface area contributed by atoms with Gasteiger partial charge in [0.25, 0.3) is 0 Å². The topological polar surface area (TPSA) is 86.6 Å². The van der Waals surface area contributed by atoms with E-state index < -0.39 is 17.8 Å². The molecular weight excluding hydrogens is 416 g/mol. The van der Waals surface area contributed by atoms with Gasteiger partial charge in [-0.2, -0.15) is 0 Å². The van der Waals surface area contributed by atoms with Crippen molar-refractivity contribution in [2.45, 2.75) is 25.7 Å². The van der Waals surface area contributed by atoms with E-state index in [9.17, 15) is 14.7 Å². The van der Waals surface area contributed by atoms with Crippen molar-refractivity contribution in [3.63, 3.8) is 0 Å². The smallest absolute Gasteiger partial charge is 0.307 e. The van der Waals surface area contributed by atoms with Gasteiger partial charge < -0.3 is 14.9 Å². The lowest BCUT2D eigenvalue weighted by Gasteiger charge is -2.38. The number of carboxylic acids is 1. The van der Waals surface area contributed by atoms with Crippen molar-refractivity contribution in [3.8, 4) is 11.3 Å². The lowest BCUT2D eigenvalue weighted by atomic mass is 9.78. The van der Waals surface area contributed by atoms with Gasteiger partial charge in [0.05, 0.1) is 23.0 Å². The Balaban J connectivity index is 1.36. The molecule has 170 valence electrons. The van der Waals surface area contributed by atoms with Crippen LogP contribution in [0, 0.1) is 11.8 Å². The number of aliphatic carboxylic acids is 1. The Labute approximate surface area is 193 Å². The Kier molecular flexibility index (Phi) is 5.94. The molecule has 33 heavy (non-hydrogen) atoms. The Morgan fingerprint density at radius 1 is 0.818 bits per heavy atom. The summed E-state index contributed by atoms with van der Waals surface area (Å²) in [5.41, 5.74) is 2.84. The largest absolute Gasteiger partial charge is 0.481 e. The van der Waals surface area contributed by atoms with Gasteiger partial charge in [-0.3, -0.25) is 9.59 Å². The maximum Gasteiger partial charge on any atom is 0.307 e. The molecule has 1 saturated heterocycles. The van der Waals surface area contributed by atoms with Crippen LogP contribution in [0.4, 0.5) is 5.95 Å². The van der Waals surface area contributed by atoms with E-state index in [0.29, 0.717) is 45.0 Å². The number of rotatable bonds is 4. The van der Waals surface area contributed by atoms with E-state index >= 15 is 0 Å². The van der Waals surface area contributed by atoms with Crippen LogP contribution in [0.3, 0.4) is 0 Å². The number of benzene rings is 2. The molecule has 0 unspecified atom stereocenters. The third kappa shape index (κ3) is 4.27. The zero-order valence-electron chi connectivity index (χ0n) is 18.6. The first-order valence-electron chi connectivity index (χ1n) is 11.7. The summed E-state index contributed by atoms with van der Waals surface area (Å²) in [6, 6.07) is 18.1. The van der Waals surface area contributed by atoms with Crippen LogP contribution in [0.2, 0.25) is 0 Å². The van der Waals surface area contributed by atoms with Gasteiger partial charge in [-0.25, -0.2) is 9.97 Å². The number of carbonyl (C=O) groups excluding carboxylic acids is 1. The molecule has 1 aromatic heterocycles. The normalized spacial score (nSPS) is 21.2. The van der Waals surface area contributed by atoms with Crippen molar-refractivity contribution in [3.05, 3.63) is 54.6 Å². The first kappa shape index (κ1) is 21.4. The molecule has 2 atom stereocenters. The van der Waals surface area contributed by atoms with Gasteiger partial charge in [0.15, 0.2) is 0 Å². The fourth-order valence-electron chi connectivity index (χ4n) is 5.11. The number of carboxylic acid groups (broad SMARTS) is 1. The van der Waals surface area contributed by atoms with Crippen LogP contribution < -0.4 is 4.90 Å². The zero-order chi connectivity index (χ0) is 22.8. The summed E-state index contributed by atoms with van der Waals surface area (Å²) in [6.45, 7) is 2.36. The van der Waals surface area contributed by atoms with Crippen molar-refractivity contribution in [1.82, 2.24) is 14.9 Å². The molecule has 0 bridgehead atoms. The highest BCUT2D eigenvalue weighted by atomic mass is 16.4. The second kappa shape index (κ2) is 9.17. The van der Waals surface area contributed by atoms with Gasteiger partial charge in [0.2, 0.25) is 11.9 Å². The number of para-hydroxylation sites is 1. The molecule has 7 heteroatoms. The average Bonchev–Trinajstić information content (AvgIpc) is 2.88. The van der Waals surface area contributed by atoms with E-state index in [-0.39, 0.29) is 5.91 Å². The molecule has 5 rings (SSSR count). The molecule has 1 N–H and O–H groups in total. The van der Waals surface area contributed by atoms with E-state index in [2.05, 4.69) is 17.0 Å². The van der Waals surface area contributed by atoms with Gasteiger partial charge >= 0.3 is 5.97 Å². The molecule has 7 nitrogen and oxygen atoms in total. The van der Waals surface area contributed by atoms with E-state index in [4.69, 9.17) is 9.97 Å². The number of carbonyl (C=O) groups is 2. The summed E-state index contributed by atoms with van der Waals surface area (Å²) in [5.74, 6) is -1.14. The van der Waals surface area contributed by atoms with Crippen LogP contribution >= 0.6 is 0 Å². The summed E-state index contributed by atoms with van der Waals surface area (Å²) in [7, 11) is 0. The third-order valence-corrected chi connectivity index (χ3v) is 6.91. The number of hydrogen-bond acceptors (Lipinski definition) is 5. The molecule has 1 amide bonds. The molecule has 1 saturated carbocycles. The van der Waals surface area contributed by atoms with Gasteiger partial charge in [0, 0.05) is 37.1 Å². The Hall–Kier alpha value is -3.48. The predicted octanol–water partition coefficient (Wildman–Crippen LogP) is 3.84. The van der Waals surface area contributed by atoms with Crippen LogP contribution in [0.25, 0.3) is 22.2 Å². The summed E-state index contributed by atoms with van der Waals surface area (Å²) in [5, 5.41) is 10.6. The maximum absolute atomic E-state index is 13.1. The molecule has 2 heterocycles. The van der Waals surface area contributed by atoms with Crippen molar-refractivity contribution in [2.75, 3.05) is 31.1 Å². The number of fused-ring (bicyclic) bond motifs is 1. The van der Waals surface area contributed by atoms with Crippen molar-refractivity contribution in [1.29, 1.82) is 0 Å². The monoisotopic (exact) mass is 444 g/mol. The average molecular weight is 445 g/mol. The van der Waals surface area contributed by atoms with Gasteiger partial charge in [0.1, 0.15) is 0 Å². The summed E-state index contributed by atoms with van der Waals surface area (Å²) >= 11 is 0. The molecule has 1 aliphatic heterocycles. The molecule has 2 aromatic carbocycles. The highest BCUT2D eigenvalue weighted by Crippen LogP contribution is 2.33. The van der Waals surface area contributed by atoms with Crippen molar-refractivity contribution >= 4 is 28.7 Å². The predicted molar refractivity (Wildman–Crippen MR) is 127 cm³/mol. The number of amides is 1. The standard InChI is InChI=1S/C26H28N4O3/c31-24(19-10-4-5-11-20(19)25(32)33)29-14-16-30(17-15-29)26-27-22-13-7-6-12-21(22)23(28-26)18-8-2-1-3-9-18/h1-3,6-9,12-13,19-20H,4-5,10-11,14-17H2,(H,32,33)/t19-,20-/m1/s1. The SMILES string of the molecule is O=C(O)[C@@H]1CCCC[C@H]1C(=O)N1CCN(c2nc(-c3ccccc3)c3ccccc3n2)CC1. The second-order valence-corrected chi connectivity index (χ2v) is 8.90. The fraction of sp³-hybridized carbons (Fsp3) is 0.385. The summed E-state index contributed by atoms with van der Waals surface area (Å²) in [6.07, 6.45) is 3.08. The molecule has 1 aliphatic carbocycles. The minimum atomic E-state index is -0.843. The molecule has 0 spiro atoms. The van der Waals surface area contributed by atoms with E-state index in [1.807, 2.05) is 47.4 Å². The molecule has 2 fully saturated rings. The minimum Gasteiger partial charge on any atom is -0.481 e. The zero-order valence-corrected chi connectivity index (χ0v) is 18.6. The van der Waals surface area contributed by atoms with E-state index in [1.165, 1.54) is 0 Å². The molecule has 3 aromatic rings. The first-order valence-corrected chi connectivity index (χ1v) is 11.7. The van der Waals surface area contributed by atoms with E-state index in [0.717, 1.165) is 35.0 Å². The molecule has 2 aliphatic rings. The molecular formula is C26H28N4O3. The fourth-order valence-corrected chi connectivity index (χ4v) is 5.11. The second-order valence-electron chi connectivity index (χ2n) is 8.90. The highest BCUT2D eigenvalue weighted by Gasteiger charge is 2.38. The highest BCUT2D eigenvalue weighted by molar-refractivity contribution is 5.93. The van der Waals surface area contributed by atoms with Gasteiger partial charge in [-0.1, -0.05) is 61.4 Å². The van der Waals surface area contributed by atoms with E-state index in [1.54, 1.807) is 0 Å². The van der Waals surface area contributed by atoms with Crippen LogP contribution in [0.15, 0.2) is 54.6 Å². The van der Waals surface area contributed by atoms with Crippen molar-refractivity contribution < 1.29 is 14.7 Å². The quantitative estimate of drug-likeness (QED) is 0.658. The Bertz CT molecular complexity index is 1160. The minimum absolute atomic E-state index is 0.00819. The first-order chi connectivity index (χ1) is 16.1. The Morgan fingerprint density at radius 3 is 2.21 bits per heavy atom. The van der Waals surface area contributed by atoms with Crippen LogP contribution in [0.1, 0.15) is 25.7 Å². The maximum atomic E-state index is 13.1. The van der Waals surface area contributed by atoms with Crippen LogP contribution in [-0.2, 0) is 9.59 Å². The van der Waals surface area contributed by atoms with Gasteiger partial charge in [-0.15, -0.1) is 0 Å². The third-order valence-electron chi connectivity index (χ3n) is 6.91. The lowest BCUT2D eigenvalue weighted by Crippen LogP contribution is -2.52. The number of nitrogens with zero attached hydrogens (tertiary/aromatic N) is 4. The number of hydrogen-bond donors (Lipinski definition) is 1. The van der Waals surface area contributed by atoms with Crippen LogP contribution in [-0.4, -0.2) is 58.0 Å². The number of piperazine rings is 1. The number of aromatic nitrogens is 2. The summed E-state index contributed by atoms with van der Waals surface area (Å²) in [4.78, 5) is 38.5. The van der Waals surface area contributed by atoms with Crippen molar-refractivity contribution in [2.24, 2.45) is 11.8 Å². The summed E-state index contributed by atoms with van der Waals surface area (Å²) < 4.78 is 0. The van der Waals surface area contributed by atoms with Crippen LogP contribution in [0.5, 0.6) is 0 Å². The Morgan fingerprint density at radius 2 is 1.48 bits per heavy atom.